The molecule has 7 nitrogen and oxygen atoms in total. The fourth-order valence-corrected chi connectivity index (χ4v) is 2.68. The first-order valence-corrected chi connectivity index (χ1v) is 8.64. The standard InChI is InChI=1S/C19H20ClN3O4/c1-3-10-27-16-7-4-14(5-8-16)12-22(2)13-19(24)21-18-9-6-15(23(25)26)11-17(18)20/h3-9,11H,1,10,12-13H2,2H3,(H,21,24)/p+1. The molecule has 0 aliphatic heterocycles. The maximum Gasteiger partial charge on any atom is 0.279 e. The van der Waals surface area contributed by atoms with E-state index in [0.29, 0.717) is 18.8 Å². The third kappa shape index (κ3) is 6.40. The number of rotatable bonds is 9. The van der Waals surface area contributed by atoms with Crippen LogP contribution in [0.3, 0.4) is 0 Å². The summed E-state index contributed by atoms with van der Waals surface area (Å²) in [7, 11) is 1.90. The number of halogens is 1. The van der Waals surface area contributed by atoms with E-state index in [-0.39, 0.29) is 23.2 Å². The van der Waals surface area contributed by atoms with Gasteiger partial charge in [-0.15, -0.1) is 0 Å². The number of hydrogen-bond donors (Lipinski definition) is 2. The van der Waals surface area contributed by atoms with Crippen LogP contribution in [0.2, 0.25) is 5.02 Å². The number of quaternary nitrogens is 1. The minimum absolute atomic E-state index is 0.124. The van der Waals surface area contributed by atoms with Crippen LogP contribution in [0, 0.1) is 10.1 Å². The second-order valence-electron chi connectivity index (χ2n) is 6.02. The van der Waals surface area contributed by atoms with Gasteiger partial charge in [0, 0.05) is 17.7 Å². The molecule has 2 N–H and O–H groups in total. The molecule has 1 amide bonds. The maximum absolute atomic E-state index is 12.2. The van der Waals surface area contributed by atoms with Crippen molar-refractivity contribution in [3.63, 3.8) is 0 Å². The number of carbonyl (C=O) groups excluding carboxylic acids is 1. The third-order valence-corrected chi connectivity index (χ3v) is 4.01. The molecule has 8 heteroatoms. The summed E-state index contributed by atoms with van der Waals surface area (Å²) < 4.78 is 5.44. The minimum atomic E-state index is -0.539. The van der Waals surface area contributed by atoms with E-state index in [1.54, 1.807) is 6.08 Å². The summed E-state index contributed by atoms with van der Waals surface area (Å²) in [5.74, 6) is 0.538. The first-order chi connectivity index (χ1) is 12.9. The lowest BCUT2D eigenvalue weighted by atomic mass is 10.2. The number of nitrogens with one attached hydrogen (secondary N) is 2. The predicted octanol–water partition coefficient (Wildman–Crippen LogP) is 2.47. The van der Waals surface area contributed by atoms with Crippen molar-refractivity contribution in [1.82, 2.24) is 0 Å². The van der Waals surface area contributed by atoms with Crippen molar-refractivity contribution in [3.8, 4) is 5.75 Å². The van der Waals surface area contributed by atoms with Crippen molar-refractivity contribution in [2.75, 3.05) is 25.5 Å². The highest BCUT2D eigenvalue weighted by molar-refractivity contribution is 6.33. The summed E-state index contributed by atoms with van der Waals surface area (Å²) >= 11 is 5.99. The van der Waals surface area contributed by atoms with E-state index in [9.17, 15) is 14.9 Å². The molecule has 2 aromatic rings. The zero-order valence-electron chi connectivity index (χ0n) is 14.9. The Morgan fingerprint density at radius 1 is 1.33 bits per heavy atom. The van der Waals surface area contributed by atoms with Gasteiger partial charge >= 0.3 is 0 Å². The second kappa shape index (κ2) is 9.70. The van der Waals surface area contributed by atoms with Gasteiger partial charge in [0.05, 0.1) is 22.7 Å². The van der Waals surface area contributed by atoms with Gasteiger partial charge < -0.3 is 15.0 Å². The van der Waals surface area contributed by atoms with Crippen molar-refractivity contribution in [2.45, 2.75) is 6.54 Å². The lowest BCUT2D eigenvalue weighted by Crippen LogP contribution is -3.08. The monoisotopic (exact) mass is 390 g/mol. The molecule has 0 saturated heterocycles. The summed E-state index contributed by atoms with van der Waals surface area (Å²) in [6.07, 6.45) is 1.68. The number of likely N-dealkylation sites (N-methyl/N-ethyl adjacent to an activating group) is 1. The molecule has 0 heterocycles. The summed E-state index contributed by atoms with van der Waals surface area (Å²) in [5, 5.41) is 13.5. The number of nitrogens with zero attached hydrogens (tertiary/aromatic N) is 1. The highest BCUT2D eigenvalue weighted by atomic mass is 35.5. The van der Waals surface area contributed by atoms with Crippen LogP contribution in [0.1, 0.15) is 5.56 Å². The molecular formula is C19H21ClN3O4+. The van der Waals surface area contributed by atoms with Crippen molar-refractivity contribution >= 4 is 28.9 Å². The van der Waals surface area contributed by atoms with Crippen LogP contribution >= 0.6 is 11.6 Å². The van der Waals surface area contributed by atoms with Crippen molar-refractivity contribution in [3.05, 3.63) is 75.8 Å². The first-order valence-electron chi connectivity index (χ1n) is 8.26. The zero-order valence-corrected chi connectivity index (χ0v) is 15.7. The van der Waals surface area contributed by atoms with Crippen molar-refractivity contribution in [2.24, 2.45) is 0 Å². The van der Waals surface area contributed by atoms with E-state index in [1.165, 1.54) is 18.2 Å². The van der Waals surface area contributed by atoms with Gasteiger partial charge in [-0.05, 0) is 30.3 Å². The van der Waals surface area contributed by atoms with Crippen LogP contribution in [0.15, 0.2) is 55.1 Å². The second-order valence-corrected chi connectivity index (χ2v) is 6.43. The number of carbonyl (C=O) groups is 1. The van der Waals surface area contributed by atoms with Crippen molar-refractivity contribution < 1.29 is 19.4 Å². The van der Waals surface area contributed by atoms with Gasteiger partial charge in [0.25, 0.3) is 11.6 Å². The molecule has 1 unspecified atom stereocenters. The molecule has 0 aliphatic carbocycles. The average molecular weight is 391 g/mol. The number of amides is 1. The molecule has 2 rings (SSSR count). The Morgan fingerprint density at radius 3 is 2.63 bits per heavy atom. The number of ether oxygens (including phenoxy) is 1. The molecule has 142 valence electrons. The third-order valence-electron chi connectivity index (χ3n) is 3.70. The molecule has 1 atom stereocenters. The minimum Gasteiger partial charge on any atom is -0.490 e. The number of nitro benzene ring substituents is 1. The topological polar surface area (TPSA) is 85.9 Å². The summed E-state index contributed by atoms with van der Waals surface area (Å²) in [6, 6.07) is 11.6. The lowest BCUT2D eigenvalue weighted by Gasteiger charge is -2.14. The van der Waals surface area contributed by atoms with E-state index in [2.05, 4.69) is 11.9 Å². The Kier molecular flexibility index (Phi) is 7.34. The van der Waals surface area contributed by atoms with E-state index in [1.807, 2.05) is 31.3 Å². The highest BCUT2D eigenvalue weighted by Crippen LogP contribution is 2.26. The maximum atomic E-state index is 12.2. The Balaban J connectivity index is 1.88. The largest absolute Gasteiger partial charge is 0.490 e. The Bertz CT molecular complexity index is 824. The molecule has 0 fully saturated rings. The van der Waals surface area contributed by atoms with Crippen LogP contribution in [0.5, 0.6) is 5.75 Å². The van der Waals surface area contributed by atoms with Gasteiger partial charge in [0.1, 0.15) is 18.9 Å². The molecule has 27 heavy (non-hydrogen) atoms. The van der Waals surface area contributed by atoms with E-state index < -0.39 is 4.92 Å². The average Bonchev–Trinajstić information content (AvgIpc) is 2.62. The summed E-state index contributed by atoms with van der Waals surface area (Å²) in [4.78, 5) is 23.4. The molecular weight excluding hydrogens is 370 g/mol. The van der Waals surface area contributed by atoms with E-state index in [4.69, 9.17) is 16.3 Å². The molecule has 0 bridgehead atoms. The smallest absolute Gasteiger partial charge is 0.279 e. The van der Waals surface area contributed by atoms with Crippen LogP contribution < -0.4 is 15.0 Å². The molecule has 0 spiro atoms. The predicted molar refractivity (Wildman–Crippen MR) is 104 cm³/mol. The first kappa shape index (κ1) is 20.4. The number of benzene rings is 2. The van der Waals surface area contributed by atoms with Crippen LogP contribution in [-0.2, 0) is 11.3 Å². The Labute approximate surface area is 162 Å². The number of non-ortho nitro benzene ring substituents is 1. The van der Waals surface area contributed by atoms with Crippen LogP contribution in [-0.4, -0.2) is 31.0 Å². The van der Waals surface area contributed by atoms with Crippen LogP contribution in [0.25, 0.3) is 0 Å². The quantitative estimate of drug-likeness (QED) is 0.391. The molecule has 0 saturated carbocycles. The van der Waals surface area contributed by atoms with Gasteiger partial charge in [-0.3, -0.25) is 14.9 Å². The molecule has 2 aromatic carbocycles. The SMILES string of the molecule is C=CCOc1ccc(C[NH+](C)CC(=O)Nc2ccc([N+](=O)[O-])cc2Cl)cc1. The van der Waals surface area contributed by atoms with Crippen molar-refractivity contribution in [1.29, 1.82) is 0 Å². The lowest BCUT2D eigenvalue weighted by molar-refractivity contribution is -0.885. The van der Waals surface area contributed by atoms with Gasteiger partial charge in [-0.25, -0.2) is 0 Å². The van der Waals surface area contributed by atoms with E-state index >= 15 is 0 Å². The van der Waals surface area contributed by atoms with Gasteiger partial charge in [0.15, 0.2) is 6.54 Å². The Morgan fingerprint density at radius 2 is 2.04 bits per heavy atom. The number of nitro groups is 1. The summed E-state index contributed by atoms with van der Waals surface area (Å²) in [5.41, 5.74) is 1.30. The highest BCUT2D eigenvalue weighted by Gasteiger charge is 2.14. The van der Waals surface area contributed by atoms with Gasteiger partial charge in [-0.1, -0.05) is 24.3 Å². The fraction of sp³-hybridized carbons (Fsp3) is 0.211. The van der Waals surface area contributed by atoms with Crippen LogP contribution in [0.4, 0.5) is 11.4 Å². The normalized spacial score (nSPS) is 11.5. The number of anilines is 1. The van der Waals surface area contributed by atoms with E-state index in [0.717, 1.165) is 16.2 Å². The zero-order chi connectivity index (χ0) is 19.8. The van der Waals surface area contributed by atoms with Gasteiger partial charge in [0.2, 0.25) is 0 Å². The summed E-state index contributed by atoms with van der Waals surface area (Å²) in [6.45, 7) is 4.94. The molecule has 0 aliphatic rings. The number of hydrogen-bond acceptors (Lipinski definition) is 4. The Hall–Kier alpha value is -2.90. The molecule has 0 aromatic heterocycles. The van der Waals surface area contributed by atoms with Gasteiger partial charge in [-0.2, -0.15) is 0 Å². The fourth-order valence-electron chi connectivity index (χ4n) is 2.46. The molecule has 0 radical (unpaired) electrons.